The van der Waals surface area contributed by atoms with Crippen molar-refractivity contribution < 1.29 is 9.47 Å². The van der Waals surface area contributed by atoms with Crippen molar-refractivity contribution in [1.29, 1.82) is 0 Å². The first-order chi connectivity index (χ1) is 9.81. The second-order valence-electron chi connectivity index (χ2n) is 5.81. The van der Waals surface area contributed by atoms with Crippen molar-refractivity contribution in [3.8, 4) is 0 Å². The Morgan fingerprint density at radius 3 is 2.95 bits per heavy atom. The van der Waals surface area contributed by atoms with Gasteiger partial charge in [0.2, 0.25) is 0 Å². The lowest BCUT2D eigenvalue weighted by Crippen LogP contribution is -2.27. The molecule has 110 valence electrons. The van der Waals surface area contributed by atoms with Crippen LogP contribution in [0.3, 0.4) is 0 Å². The van der Waals surface area contributed by atoms with Gasteiger partial charge < -0.3 is 9.47 Å². The molecule has 1 aromatic heterocycles. The third-order valence-corrected chi connectivity index (χ3v) is 4.02. The van der Waals surface area contributed by atoms with Gasteiger partial charge in [-0.25, -0.2) is 0 Å². The lowest BCUT2D eigenvalue weighted by atomic mass is 10.2. The number of ether oxygens (including phenoxy) is 2. The zero-order chi connectivity index (χ0) is 13.8. The van der Waals surface area contributed by atoms with E-state index in [0.29, 0.717) is 12.2 Å². The normalized spacial score (nSPS) is 24.9. The van der Waals surface area contributed by atoms with E-state index < -0.39 is 0 Å². The molecule has 0 aromatic carbocycles. The molecular formula is C16H24N2O2. The summed E-state index contributed by atoms with van der Waals surface area (Å²) in [5.74, 6) is 0. The van der Waals surface area contributed by atoms with Crippen LogP contribution in [0.2, 0.25) is 0 Å². The van der Waals surface area contributed by atoms with E-state index in [4.69, 9.17) is 9.47 Å². The van der Waals surface area contributed by atoms with E-state index in [9.17, 15) is 0 Å². The van der Waals surface area contributed by atoms with Crippen molar-refractivity contribution in [2.45, 2.75) is 44.5 Å². The highest BCUT2D eigenvalue weighted by Gasteiger charge is 2.30. The lowest BCUT2D eigenvalue weighted by molar-refractivity contribution is 0.0320. The first-order valence-electron chi connectivity index (χ1n) is 7.71. The maximum Gasteiger partial charge on any atom is 0.0967 e. The Kier molecular flexibility index (Phi) is 4.65. The number of aromatic nitrogens is 1. The van der Waals surface area contributed by atoms with Gasteiger partial charge >= 0.3 is 0 Å². The van der Waals surface area contributed by atoms with Gasteiger partial charge in [-0.2, -0.15) is 0 Å². The molecule has 1 aliphatic carbocycles. The average Bonchev–Trinajstić information content (AvgIpc) is 3.18. The topological polar surface area (TPSA) is 34.6 Å². The van der Waals surface area contributed by atoms with Gasteiger partial charge in [-0.15, -0.1) is 0 Å². The summed E-state index contributed by atoms with van der Waals surface area (Å²) >= 11 is 0. The van der Waals surface area contributed by atoms with Crippen LogP contribution in [-0.2, 0) is 9.47 Å². The molecule has 1 saturated heterocycles. The zero-order valence-electron chi connectivity index (χ0n) is 12.2. The quantitative estimate of drug-likeness (QED) is 0.766. The summed E-state index contributed by atoms with van der Waals surface area (Å²) in [6.45, 7) is 6.01. The molecular weight excluding hydrogens is 252 g/mol. The van der Waals surface area contributed by atoms with Crippen LogP contribution in [-0.4, -0.2) is 48.3 Å². The van der Waals surface area contributed by atoms with Gasteiger partial charge in [0.25, 0.3) is 0 Å². The molecule has 2 aliphatic rings. The Labute approximate surface area is 121 Å². The monoisotopic (exact) mass is 276 g/mol. The van der Waals surface area contributed by atoms with Crippen LogP contribution >= 0.6 is 0 Å². The van der Waals surface area contributed by atoms with E-state index in [1.807, 2.05) is 24.4 Å². The van der Waals surface area contributed by atoms with Crippen LogP contribution in [0.4, 0.5) is 0 Å². The number of nitrogens with zero attached hydrogens (tertiary/aromatic N) is 2. The predicted molar refractivity (Wildman–Crippen MR) is 77.6 cm³/mol. The van der Waals surface area contributed by atoms with E-state index in [1.165, 1.54) is 19.3 Å². The van der Waals surface area contributed by atoms with Gasteiger partial charge in [0.05, 0.1) is 30.6 Å². The summed E-state index contributed by atoms with van der Waals surface area (Å²) in [5.41, 5.74) is 1.00. The summed E-state index contributed by atoms with van der Waals surface area (Å²) in [7, 11) is 0. The molecule has 20 heavy (non-hydrogen) atoms. The molecule has 2 fully saturated rings. The SMILES string of the molecule is C[C@@H](OCCN1CC[C@@H](OC2CC2)C1)c1ccccn1. The minimum absolute atomic E-state index is 0.0670. The smallest absolute Gasteiger partial charge is 0.0967 e. The van der Waals surface area contributed by atoms with Crippen LogP contribution in [0.5, 0.6) is 0 Å². The Hall–Kier alpha value is -0.970. The summed E-state index contributed by atoms with van der Waals surface area (Å²) in [6.07, 6.45) is 6.61. The third-order valence-electron chi connectivity index (χ3n) is 4.02. The van der Waals surface area contributed by atoms with Gasteiger partial charge in [0.15, 0.2) is 0 Å². The Morgan fingerprint density at radius 1 is 1.30 bits per heavy atom. The third kappa shape index (κ3) is 4.01. The fourth-order valence-corrected chi connectivity index (χ4v) is 2.65. The molecule has 1 aromatic rings. The second-order valence-corrected chi connectivity index (χ2v) is 5.81. The van der Waals surface area contributed by atoms with Crippen LogP contribution in [0.25, 0.3) is 0 Å². The average molecular weight is 276 g/mol. The van der Waals surface area contributed by atoms with Gasteiger partial charge in [0, 0.05) is 25.8 Å². The molecule has 1 aliphatic heterocycles. The predicted octanol–water partition coefficient (Wildman–Crippen LogP) is 2.41. The molecule has 0 unspecified atom stereocenters. The molecule has 2 atom stereocenters. The molecule has 3 rings (SSSR count). The first kappa shape index (κ1) is 14.0. The van der Waals surface area contributed by atoms with Crippen LogP contribution in [0.1, 0.15) is 38.0 Å². The van der Waals surface area contributed by atoms with E-state index in [-0.39, 0.29) is 6.10 Å². The minimum atomic E-state index is 0.0670. The number of rotatable bonds is 7. The van der Waals surface area contributed by atoms with Crippen molar-refractivity contribution in [3.05, 3.63) is 30.1 Å². The summed E-state index contributed by atoms with van der Waals surface area (Å²) in [5, 5.41) is 0. The van der Waals surface area contributed by atoms with Gasteiger partial charge in [0.1, 0.15) is 0 Å². The molecule has 0 N–H and O–H groups in total. The fraction of sp³-hybridized carbons (Fsp3) is 0.688. The van der Waals surface area contributed by atoms with E-state index in [1.54, 1.807) is 0 Å². The molecule has 0 amide bonds. The van der Waals surface area contributed by atoms with Crippen molar-refractivity contribution >= 4 is 0 Å². The largest absolute Gasteiger partial charge is 0.374 e. The molecule has 2 heterocycles. The molecule has 4 nitrogen and oxygen atoms in total. The molecule has 1 saturated carbocycles. The standard InChI is InChI=1S/C16H24N2O2/c1-13(16-4-2-3-8-17-16)19-11-10-18-9-7-15(12-18)20-14-5-6-14/h2-4,8,13-15H,5-7,9-12H2,1H3/t13-,15-/m1/s1. The van der Waals surface area contributed by atoms with Crippen LogP contribution in [0, 0.1) is 0 Å². The summed E-state index contributed by atoms with van der Waals surface area (Å²) in [6, 6.07) is 5.95. The number of likely N-dealkylation sites (tertiary alicyclic amines) is 1. The highest BCUT2D eigenvalue weighted by molar-refractivity contribution is 5.05. The van der Waals surface area contributed by atoms with Crippen LogP contribution in [0.15, 0.2) is 24.4 Å². The summed E-state index contributed by atoms with van der Waals surface area (Å²) in [4.78, 5) is 6.76. The molecule has 4 heteroatoms. The number of pyridine rings is 1. The summed E-state index contributed by atoms with van der Waals surface area (Å²) < 4.78 is 11.8. The Bertz CT molecular complexity index is 408. The zero-order valence-corrected chi connectivity index (χ0v) is 12.2. The molecule has 0 radical (unpaired) electrons. The molecule has 0 spiro atoms. The van der Waals surface area contributed by atoms with Gasteiger partial charge in [-0.1, -0.05) is 6.07 Å². The first-order valence-corrected chi connectivity index (χ1v) is 7.71. The van der Waals surface area contributed by atoms with E-state index in [2.05, 4.69) is 16.8 Å². The van der Waals surface area contributed by atoms with Crippen molar-refractivity contribution in [3.63, 3.8) is 0 Å². The highest BCUT2D eigenvalue weighted by atomic mass is 16.5. The maximum absolute atomic E-state index is 5.96. The van der Waals surface area contributed by atoms with Gasteiger partial charge in [-0.3, -0.25) is 9.88 Å². The highest BCUT2D eigenvalue weighted by Crippen LogP contribution is 2.27. The van der Waals surface area contributed by atoms with Crippen molar-refractivity contribution in [2.24, 2.45) is 0 Å². The lowest BCUT2D eigenvalue weighted by Gasteiger charge is -2.18. The second kappa shape index (κ2) is 6.66. The van der Waals surface area contributed by atoms with Crippen molar-refractivity contribution in [1.82, 2.24) is 9.88 Å². The fourth-order valence-electron chi connectivity index (χ4n) is 2.65. The number of hydrogen-bond acceptors (Lipinski definition) is 4. The van der Waals surface area contributed by atoms with E-state index in [0.717, 1.165) is 31.9 Å². The molecule has 0 bridgehead atoms. The van der Waals surface area contributed by atoms with Crippen LogP contribution < -0.4 is 0 Å². The van der Waals surface area contributed by atoms with Crippen molar-refractivity contribution in [2.75, 3.05) is 26.2 Å². The van der Waals surface area contributed by atoms with E-state index >= 15 is 0 Å². The minimum Gasteiger partial charge on any atom is -0.374 e. The Morgan fingerprint density at radius 2 is 2.20 bits per heavy atom. The number of hydrogen-bond donors (Lipinski definition) is 0. The van der Waals surface area contributed by atoms with Gasteiger partial charge in [-0.05, 0) is 38.3 Å². The Balaban J connectivity index is 1.33. The maximum atomic E-state index is 5.96.